The molecular weight excluding hydrogens is 265 g/mol. The number of anilines is 1. The Morgan fingerprint density at radius 2 is 1.61 bits per heavy atom. The van der Waals surface area contributed by atoms with Crippen LogP contribution in [0.5, 0.6) is 0 Å². The van der Waals surface area contributed by atoms with E-state index in [1.807, 2.05) is 19.1 Å². The standard InChI is InChI=1S/C15H23Cl2N/c1-3-4-5-6-7-8-9-18-15-11-13(16)12(2)10-14(15)17/h10-11,18H,3-9H2,1-2H3. The van der Waals surface area contributed by atoms with Crippen LogP contribution in [0.4, 0.5) is 5.69 Å². The van der Waals surface area contributed by atoms with Gasteiger partial charge in [0.2, 0.25) is 0 Å². The van der Waals surface area contributed by atoms with Crippen molar-refractivity contribution in [2.45, 2.75) is 52.4 Å². The molecule has 0 aliphatic heterocycles. The van der Waals surface area contributed by atoms with Crippen molar-refractivity contribution in [3.05, 3.63) is 27.7 Å². The lowest BCUT2D eigenvalue weighted by Crippen LogP contribution is -2.02. The Kier molecular flexibility index (Phi) is 7.53. The van der Waals surface area contributed by atoms with Gasteiger partial charge in [0, 0.05) is 11.6 Å². The first-order valence-corrected chi connectivity index (χ1v) is 7.60. The highest BCUT2D eigenvalue weighted by atomic mass is 35.5. The molecule has 0 heterocycles. The zero-order valence-electron chi connectivity index (χ0n) is 11.4. The minimum Gasteiger partial charge on any atom is -0.384 e. The largest absolute Gasteiger partial charge is 0.384 e. The zero-order valence-corrected chi connectivity index (χ0v) is 12.9. The number of rotatable bonds is 8. The van der Waals surface area contributed by atoms with Crippen LogP contribution in [0, 0.1) is 6.92 Å². The Labute approximate surface area is 121 Å². The van der Waals surface area contributed by atoms with Gasteiger partial charge in [0.25, 0.3) is 0 Å². The maximum Gasteiger partial charge on any atom is 0.0641 e. The molecule has 0 unspecified atom stereocenters. The topological polar surface area (TPSA) is 12.0 Å². The first-order chi connectivity index (χ1) is 8.65. The van der Waals surface area contributed by atoms with Gasteiger partial charge in [0.15, 0.2) is 0 Å². The molecule has 1 rings (SSSR count). The monoisotopic (exact) mass is 287 g/mol. The van der Waals surface area contributed by atoms with E-state index in [4.69, 9.17) is 23.2 Å². The van der Waals surface area contributed by atoms with Crippen molar-refractivity contribution < 1.29 is 0 Å². The SMILES string of the molecule is CCCCCCCCNc1cc(Cl)c(C)cc1Cl. The number of hydrogen-bond donors (Lipinski definition) is 1. The minimum atomic E-state index is 0.753. The molecule has 0 fully saturated rings. The molecule has 1 N–H and O–H groups in total. The number of hydrogen-bond acceptors (Lipinski definition) is 1. The molecule has 0 bridgehead atoms. The Hall–Kier alpha value is -0.400. The minimum absolute atomic E-state index is 0.753. The highest BCUT2D eigenvalue weighted by Crippen LogP contribution is 2.28. The molecule has 0 atom stereocenters. The van der Waals surface area contributed by atoms with Gasteiger partial charge in [0.05, 0.1) is 10.7 Å². The average Bonchev–Trinajstić information content (AvgIpc) is 2.34. The molecule has 0 aliphatic rings. The fourth-order valence-corrected chi connectivity index (χ4v) is 2.36. The van der Waals surface area contributed by atoms with E-state index in [9.17, 15) is 0 Å². The Morgan fingerprint density at radius 3 is 2.33 bits per heavy atom. The molecule has 0 spiro atoms. The summed E-state index contributed by atoms with van der Waals surface area (Å²) in [5, 5.41) is 4.88. The molecule has 0 aliphatic carbocycles. The normalized spacial score (nSPS) is 10.7. The molecule has 0 aromatic heterocycles. The summed E-state index contributed by atoms with van der Waals surface area (Å²) >= 11 is 12.2. The molecule has 0 saturated carbocycles. The van der Waals surface area contributed by atoms with Crippen LogP contribution in [0.25, 0.3) is 0 Å². The van der Waals surface area contributed by atoms with Crippen molar-refractivity contribution in [1.82, 2.24) is 0 Å². The van der Waals surface area contributed by atoms with Crippen LogP contribution in [-0.4, -0.2) is 6.54 Å². The second-order valence-corrected chi connectivity index (χ2v) is 5.59. The van der Waals surface area contributed by atoms with Crippen molar-refractivity contribution >= 4 is 28.9 Å². The van der Waals surface area contributed by atoms with Crippen molar-refractivity contribution in [3.63, 3.8) is 0 Å². The van der Waals surface area contributed by atoms with Gasteiger partial charge in [-0.05, 0) is 31.0 Å². The molecule has 3 heteroatoms. The van der Waals surface area contributed by atoms with E-state index in [0.717, 1.165) is 27.8 Å². The van der Waals surface area contributed by atoms with Gasteiger partial charge in [-0.15, -0.1) is 0 Å². The van der Waals surface area contributed by atoms with Gasteiger partial charge in [-0.1, -0.05) is 62.2 Å². The lowest BCUT2D eigenvalue weighted by atomic mass is 10.1. The molecule has 1 aromatic carbocycles. The van der Waals surface area contributed by atoms with Crippen LogP contribution in [0.3, 0.4) is 0 Å². The Bertz CT molecular complexity index is 364. The summed E-state index contributed by atoms with van der Waals surface area (Å²) in [6.45, 7) is 5.17. The van der Waals surface area contributed by atoms with E-state index >= 15 is 0 Å². The third kappa shape index (κ3) is 5.49. The first-order valence-electron chi connectivity index (χ1n) is 6.84. The van der Waals surface area contributed by atoms with Crippen LogP contribution in [0.1, 0.15) is 51.0 Å². The lowest BCUT2D eigenvalue weighted by Gasteiger charge is -2.10. The summed E-state index contributed by atoms with van der Waals surface area (Å²) in [6.07, 6.45) is 7.81. The maximum absolute atomic E-state index is 6.16. The maximum atomic E-state index is 6.16. The number of unbranched alkanes of at least 4 members (excludes halogenated alkanes) is 5. The predicted molar refractivity (Wildman–Crippen MR) is 83.1 cm³/mol. The third-order valence-corrected chi connectivity index (χ3v) is 3.81. The van der Waals surface area contributed by atoms with E-state index < -0.39 is 0 Å². The highest BCUT2D eigenvalue weighted by molar-refractivity contribution is 6.35. The van der Waals surface area contributed by atoms with Crippen LogP contribution in [-0.2, 0) is 0 Å². The van der Waals surface area contributed by atoms with Gasteiger partial charge in [0.1, 0.15) is 0 Å². The number of halogens is 2. The van der Waals surface area contributed by atoms with E-state index in [1.54, 1.807) is 0 Å². The molecule has 0 saturated heterocycles. The predicted octanol–water partition coefficient (Wildman–Crippen LogP) is 6.07. The van der Waals surface area contributed by atoms with Gasteiger partial charge in [-0.2, -0.15) is 0 Å². The summed E-state index contributed by atoms with van der Waals surface area (Å²) in [4.78, 5) is 0. The van der Waals surface area contributed by atoms with E-state index in [-0.39, 0.29) is 0 Å². The van der Waals surface area contributed by atoms with Gasteiger partial charge in [-0.25, -0.2) is 0 Å². The van der Waals surface area contributed by atoms with Crippen LogP contribution in [0.2, 0.25) is 10.0 Å². The smallest absolute Gasteiger partial charge is 0.0641 e. The highest BCUT2D eigenvalue weighted by Gasteiger charge is 2.03. The quantitative estimate of drug-likeness (QED) is 0.572. The Morgan fingerprint density at radius 1 is 0.944 bits per heavy atom. The van der Waals surface area contributed by atoms with Gasteiger partial charge in [-0.3, -0.25) is 0 Å². The molecule has 102 valence electrons. The fourth-order valence-electron chi connectivity index (χ4n) is 1.91. The average molecular weight is 288 g/mol. The molecule has 0 radical (unpaired) electrons. The summed E-state index contributed by atoms with van der Waals surface area (Å²) < 4.78 is 0. The van der Waals surface area contributed by atoms with Gasteiger partial charge < -0.3 is 5.32 Å². The van der Waals surface area contributed by atoms with E-state index in [2.05, 4.69) is 12.2 Å². The molecule has 0 amide bonds. The van der Waals surface area contributed by atoms with Gasteiger partial charge >= 0.3 is 0 Å². The third-order valence-electron chi connectivity index (χ3n) is 3.09. The first kappa shape index (κ1) is 15.7. The van der Waals surface area contributed by atoms with E-state index in [1.165, 1.54) is 38.5 Å². The number of aryl methyl sites for hydroxylation is 1. The van der Waals surface area contributed by atoms with Crippen molar-refractivity contribution in [3.8, 4) is 0 Å². The summed E-state index contributed by atoms with van der Waals surface area (Å²) in [5.74, 6) is 0. The van der Waals surface area contributed by atoms with Crippen LogP contribution < -0.4 is 5.32 Å². The van der Waals surface area contributed by atoms with Crippen molar-refractivity contribution in [1.29, 1.82) is 0 Å². The molecular formula is C15H23Cl2N. The van der Waals surface area contributed by atoms with Crippen LogP contribution >= 0.6 is 23.2 Å². The second-order valence-electron chi connectivity index (χ2n) is 4.78. The summed E-state index contributed by atoms with van der Waals surface area (Å²) in [7, 11) is 0. The number of benzene rings is 1. The molecule has 1 aromatic rings. The van der Waals surface area contributed by atoms with Crippen molar-refractivity contribution in [2.75, 3.05) is 11.9 Å². The Balaban J connectivity index is 2.25. The fraction of sp³-hybridized carbons (Fsp3) is 0.600. The van der Waals surface area contributed by atoms with Crippen LogP contribution in [0.15, 0.2) is 12.1 Å². The zero-order chi connectivity index (χ0) is 13.4. The number of nitrogens with one attached hydrogen (secondary N) is 1. The van der Waals surface area contributed by atoms with Crippen molar-refractivity contribution in [2.24, 2.45) is 0 Å². The molecule has 1 nitrogen and oxygen atoms in total. The summed E-state index contributed by atoms with van der Waals surface area (Å²) in [5.41, 5.74) is 1.97. The summed E-state index contributed by atoms with van der Waals surface area (Å²) in [6, 6.07) is 3.82. The second kappa shape index (κ2) is 8.66. The van der Waals surface area contributed by atoms with E-state index in [0.29, 0.717) is 0 Å². The lowest BCUT2D eigenvalue weighted by molar-refractivity contribution is 0.617. The molecule has 18 heavy (non-hydrogen) atoms.